The van der Waals surface area contributed by atoms with Gasteiger partial charge in [0.1, 0.15) is 11.9 Å². The van der Waals surface area contributed by atoms with Gasteiger partial charge in [-0.2, -0.15) is 4.72 Å². The lowest BCUT2D eigenvalue weighted by Crippen LogP contribution is -2.48. The molecular formula is C21H21N5O6S2. The number of nitrogen functional groups attached to an aromatic ring is 1. The standard InChI is InChI=1S/C21H21N5O6S2/c22-18-9-6-13(10-23-18)11-24-19(27)16-7-8-17(33-16)20(28)25-12-15(21(29)30)26-34(31,32)14-4-2-1-3-5-14/h1-10,15,26H,11-12H2,(H2,22,23)(H,24,27)(H,25,28)(H,29,30). The van der Waals surface area contributed by atoms with Crippen LogP contribution in [0.5, 0.6) is 0 Å². The van der Waals surface area contributed by atoms with Crippen molar-refractivity contribution < 1.29 is 27.9 Å². The first-order chi connectivity index (χ1) is 16.2. The summed E-state index contributed by atoms with van der Waals surface area (Å²) in [6.07, 6.45) is 1.54. The van der Waals surface area contributed by atoms with Crippen LogP contribution in [0.25, 0.3) is 0 Å². The minimum Gasteiger partial charge on any atom is -0.480 e. The molecule has 0 aliphatic carbocycles. The number of sulfonamides is 1. The highest BCUT2D eigenvalue weighted by molar-refractivity contribution is 7.89. The third-order valence-electron chi connectivity index (χ3n) is 4.47. The van der Waals surface area contributed by atoms with Crippen LogP contribution < -0.4 is 21.1 Å². The summed E-state index contributed by atoms with van der Waals surface area (Å²) in [7, 11) is -4.10. The minimum absolute atomic E-state index is 0.101. The summed E-state index contributed by atoms with van der Waals surface area (Å²) in [6, 6.07) is 11.9. The number of amides is 2. The van der Waals surface area contributed by atoms with Gasteiger partial charge in [0.15, 0.2) is 0 Å². The maximum atomic E-state index is 12.4. The molecule has 3 rings (SSSR count). The lowest BCUT2D eigenvalue weighted by molar-refractivity contribution is -0.138. The highest BCUT2D eigenvalue weighted by Crippen LogP contribution is 2.17. The molecule has 2 amide bonds. The van der Waals surface area contributed by atoms with Crippen LogP contribution in [0.3, 0.4) is 0 Å². The Morgan fingerprint density at radius 1 is 0.971 bits per heavy atom. The largest absolute Gasteiger partial charge is 0.480 e. The minimum atomic E-state index is -4.10. The van der Waals surface area contributed by atoms with E-state index in [4.69, 9.17) is 5.73 Å². The van der Waals surface area contributed by atoms with E-state index in [-0.39, 0.29) is 21.2 Å². The maximum Gasteiger partial charge on any atom is 0.323 e. The number of hydrogen-bond donors (Lipinski definition) is 5. The number of nitrogens with one attached hydrogen (secondary N) is 3. The Balaban J connectivity index is 1.57. The molecule has 0 saturated carbocycles. The van der Waals surface area contributed by atoms with Gasteiger partial charge in [0, 0.05) is 19.3 Å². The Labute approximate surface area is 199 Å². The number of pyridine rings is 1. The number of benzene rings is 1. The molecule has 2 heterocycles. The third-order valence-corrected chi connectivity index (χ3v) is 7.04. The predicted molar refractivity (Wildman–Crippen MR) is 125 cm³/mol. The number of nitrogens with zero attached hydrogens (tertiary/aromatic N) is 1. The third kappa shape index (κ3) is 6.60. The number of carboxylic acids is 1. The first-order valence-corrected chi connectivity index (χ1v) is 12.1. The van der Waals surface area contributed by atoms with Crippen LogP contribution >= 0.6 is 11.3 Å². The molecular weight excluding hydrogens is 482 g/mol. The molecule has 3 aromatic rings. The number of thiophene rings is 1. The number of aliphatic carboxylic acids is 1. The Morgan fingerprint density at radius 2 is 1.62 bits per heavy atom. The summed E-state index contributed by atoms with van der Waals surface area (Å²) >= 11 is 0.911. The maximum absolute atomic E-state index is 12.4. The summed E-state index contributed by atoms with van der Waals surface area (Å²) < 4.78 is 26.8. The Hall–Kier alpha value is -3.81. The summed E-state index contributed by atoms with van der Waals surface area (Å²) in [4.78, 5) is 40.6. The van der Waals surface area contributed by atoms with Gasteiger partial charge in [-0.3, -0.25) is 14.4 Å². The molecule has 1 unspecified atom stereocenters. The normalized spacial score (nSPS) is 12.0. The molecule has 0 aliphatic rings. The first kappa shape index (κ1) is 24.8. The average Bonchev–Trinajstić information content (AvgIpc) is 3.32. The lowest BCUT2D eigenvalue weighted by Gasteiger charge is -2.15. The second kappa shape index (κ2) is 10.9. The van der Waals surface area contributed by atoms with Crippen molar-refractivity contribution in [3.63, 3.8) is 0 Å². The molecule has 0 spiro atoms. The van der Waals surface area contributed by atoms with E-state index in [1.165, 1.54) is 42.6 Å². The zero-order valence-corrected chi connectivity index (χ0v) is 19.2. The van der Waals surface area contributed by atoms with Crippen LogP contribution in [-0.4, -0.2) is 48.9 Å². The summed E-state index contributed by atoms with van der Waals surface area (Å²) in [5.41, 5.74) is 6.27. The summed E-state index contributed by atoms with van der Waals surface area (Å²) in [5.74, 6) is -2.14. The van der Waals surface area contributed by atoms with Gasteiger partial charge in [-0.1, -0.05) is 24.3 Å². The van der Waals surface area contributed by atoms with Crippen molar-refractivity contribution >= 4 is 45.0 Å². The number of nitrogens with two attached hydrogens (primary N) is 1. The van der Waals surface area contributed by atoms with Crippen LogP contribution in [0.2, 0.25) is 0 Å². The number of rotatable bonds is 10. The van der Waals surface area contributed by atoms with Crippen molar-refractivity contribution in [3.05, 3.63) is 76.1 Å². The van der Waals surface area contributed by atoms with Crippen LogP contribution in [0.1, 0.15) is 24.9 Å². The number of anilines is 1. The molecule has 0 radical (unpaired) electrons. The van der Waals surface area contributed by atoms with Crippen LogP contribution in [-0.2, 0) is 21.4 Å². The van der Waals surface area contributed by atoms with E-state index in [2.05, 4.69) is 20.3 Å². The van der Waals surface area contributed by atoms with Gasteiger partial charge in [-0.15, -0.1) is 11.3 Å². The van der Waals surface area contributed by atoms with Crippen molar-refractivity contribution in [1.29, 1.82) is 0 Å². The summed E-state index contributed by atoms with van der Waals surface area (Å²) in [5, 5.41) is 14.5. The van der Waals surface area contributed by atoms with E-state index in [9.17, 15) is 27.9 Å². The highest BCUT2D eigenvalue weighted by atomic mass is 32.2. The van der Waals surface area contributed by atoms with Crippen molar-refractivity contribution in [1.82, 2.24) is 20.3 Å². The van der Waals surface area contributed by atoms with Gasteiger partial charge in [-0.05, 0) is 35.9 Å². The number of carbonyl (C=O) groups excluding carboxylic acids is 2. The molecule has 178 valence electrons. The van der Waals surface area contributed by atoms with E-state index in [0.717, 1.165) is 16.9 Å². The van der Waals surface area contributed by atoms with Crippen LogP contribution in [0.4, 0.5) is 5.82 Å². The van der Waals surface area contributed by atoms with Crippen molar-refractivity contribution in [2.24, 2.45) is 0 Å². The zero-order chi connectivity index (χ0) is 24.7. The number of carboxylic acid groups (broad SMARTS) is 1. The van der Waals surface area contributed by atoms with E-state index in [1.54, 1.807) is 18.2 Å². The monoisotopic (exact) mass is 503 g/mol. The molecule has 1 aromatic carbocycles. The molecule has 13 heteroatoms. The Morgan fingerprint density at radius 3 is 2.21 bits per heavy atom. The zero-order valence-electron chi connectivity index (χ0n) is 17.6. The van der Waals surface area contributed by atoms with Gasteiger partial charge >= 0.3 is 5.97 Å². The fraction of sp³-hybridized carbons (Fsp3) is 0.143. The van der Waals surface area contributed by atoms with E-state index in [0.29, 0.717) is 5.82 Å². The van der Waals surface area contributed by atoms with E-state index < -0.39 is 40.4 Å². The molecule has 11 nitrogen and oxygen atoms in total. The molecule has 34 heavy (non-hydrogen) atoms. The quantitative estimate of drug-likeness (QED) is 0.269. The molecule has 1 atom stereocenters. The number of aromatic nitrogens is 1. The average molecular weight is 504 g/mol. The fourth-order valence-corrected chi connectivity index (χ4v) is 4.76. The van der Waals surface area contributed by atoms with Gasteiger partial charge in [0.05, 0.1) is 14.6 Å². The molecule has 0 bridgehead atoms. The molecule has 0 fully saturated rings. The second-order valence-electron chi connectivity index (χ2n) is 6.97. The highest BCUT2D eigenvalue weighted by Gasteiger charge is 2.26. The summed E-state index contributed by atoms with van der Waals surface area (Å²) in [6.45, 7) is -0.281. The van der Waals surface area contributed by atoms with Crippen molar-refractivity contribution in [3.8, 4) is 0 Å². The van der Waals surface area contributed by atoms with Gasteiger partial charge in [0.25, 0.3) is 11.8 Å². The predicted octanol–water partition coefficient (Wildman–Crippen LogP) is 0.817. The Bertz CT molecular complexity index is 1280. The molecule has 0 aliphatic heterocycles. The number of hydrogen-bond acceptors (Lipinski definition) is 8. The van der Waals surface area contributed by atoms with Crippen LogP contribution in [0.15, 0.2) is 65.7 Å². The molecule has 2 aromatic heterocycles. The lowest BCUT2D eigenvalue weighted by atomic mass is 10.3. The fourth-order valence-electron chi connectivity index (χ4n) is 2.71. The smallest absolute Gasteiger partial charge is 0.323 e. The van der Waals surface area contributed by atoms with E-state index >= 15 is 0 Å². The van der Waals surface area contributed by atoms with Crippen molar-refractivity contribution in [2.45, 2.75) is 17.5 Å². The van der Waals surface area contributed by atoms with Gasteiger partial charge in [-0.25, -0.2) is 13.4 Å². The second-order valence-corrected chi connectivity index (χ2v) is 9.77. The van der Waals surface area contributed by atoms with Crippen molar-refractivity contribution in [2.75, 3.05) is 12.3 Å². The van der Waals surface area contributed by atoms with Gasteiger partial charge < -0.3 is 21.5 Å². The van der Waals surface area contributed by atoms with E-state index in [1.807, 2.05) is 0 Å². The SMILES string of the molecule is Nc1ccc(CNC(=O)c2ccc(C(=O)NCC(NS(=O)(=O)c3ccccc3)C(=O)O)s2)cn1. The van der Waals surface area contributed by atoms with Gasteiger partial charge in [0.2, 0.25) is 10.0 Å². The Kier molecular flexibility index (Phi) is 7.94. The van der Waals surface area contributed by atoms with Crippen LogP contribution in [0, 0.1) is 0 Å². The first-order valence-electron chi connectivity index (χ1n) is 9.82. The topological polar surface area (TPSA) is 181 Å². The number of carbonyl (C=O) groups is 3. The molecule has 6 N–H and O–H groups in total. The molecule has 0 saturated heterocycles.